The molecule has 3 rings (SSSR count). The first-order valence-electron chi connectivity index (χ1n) is 6.17. The van der Waals surface area contributed by atoms with Gasteiger partial charge in [-0.25, -0.2) is 0 Å². The maximum absolute atomic E-state index is 12.3. The van der Waals surface area contributed by atoms with Gasteiger partial charge in [0, 0.05) is 17.7 Å². The molecule has 1 N–H and O–H groups in total. The quantitative estimate of drug-likeness (QED) is 0.836. The molecule has 0 atom stereocenters. The minimum atomic E-state index is -0.191. The van der Waals surface area contributed by atoms with E-state index < -0.39 is 0 Å². The number of rotatable bonds is 2. The standard InChI is InChI=1S/C15H13NO3/c1-9-5-7-19-14(9)13(17)11-3-2-10-4-6-16-15(18)12(10)8-11/h2-3,5,7-8H,4,6H2,1H3,(H,16,18). The number of aryl methyl sites for hydroxylation is 1. The number of hydrogen-bond donors (Lipinski definition) is 1. The third kappa shape index (κ3) is 1.95. The lowest BCUT2D eigenvalue weighted by Gasteiger charge is -2.16. The van der Waals surface area contributed by atoms with Crippen LogP contribution in [-0.4, -0.2) is 18.2 Å². The summed E-state index contributed by atoms with van der Waals surface area (Å²) in [6, 6.07) is 6.99. The normalized spacial score (nSPS) is 13.8. The molecule has 0 spiro atoms. The average molecular weight is 255 g/mol. The molecular weight excluding hydrogens is 242 g/mol. The SMILES string of the molecule is Cc1ccoc1C(=O)c1ccc2c(c1)C(=O)NCC2. The largest absolute Gasteiger partial charge is 0.461 e. The zero-order valence-electron chi connectivity index (χ0n) is 10.5. The number of furan rings is 1. The number of ketones is 1. The van der Waals surface area contributed by atoms with Crippen LogP contribution in [0.2, 0.25) is 0 Å². The fourth-order valence-electron chi connectivity index (χ4n) is 2.29. The molecule has 1 aromatic heterocycles. The average Bonchev–Trinajstić information content (AvgIpc) is 2.84. The van der Waals surface area contributed by atoms with Gasteiger partial charge < -0.3 is 9.73 Å². The van der Waals surface area contributed by atoms with Crippen LogP contribution in [0.5, 0.6) is 0 Å². The van der Waals surface area contributed by atoms with Gasteiger partial charge in [-0.15, -0.1) is 0 Å². The van der Waals surface area contributed by atoms with Gasteiger partial charge in [-0.2, -0.15) is 0 Å². The number of hydrogen-bond acceptors (Lipinski definition) is 3. The zero-order chi connectivity index (χ0) is 13.4. The van der Waals surface area contributed by atoms with Crippen LogP contribution in [-0.2, 0) is 6.42 Å². The summed E-state index contributed by atoms with van der Waals surface area (Å²) < 4.78 is 5.20. The highest BCUT2D eigenvalue weighted by Gasteiger charge is 2.21. The predicted molar refractivity (Wildman–Crippen MR) is 69.4 cm³/mol. The van der Waals surface area contributed by atoms with E-state index in [0.29, 0.717) is 23.4 Å². The Morgan fingerprint density at radius 1 is 1.32 bits per heavy atom. The van der Waals surface area contributed by atoms with Crippen LogP contribution in [0.25, 0.3) is 0 Å². The molecule has 2 heterocycles. The van der Waals surface area contributed by atoms with Crippen molar-refractivity contribution in [2.24, 2.45) is 0 Å². The Morgan fingerprint density at radius 3 is 2.89 bits per heavy atom. The van der Waals surface area contributed by atoms with Crippen molar-refractivity contribution in [3.63, 3.8) is 0 Å². The molecule has 0 bridgehead atoms. The molecule has 0 saturated carbocycles. The summed E-state index contributed by atoms with van der Waals surface area (Å²) in [4.78, 5) is 24.1. The molecule has 1 amide bonds. The molecule has 2 aromatic rings. The highest BCUT2D eigenvalue weighted by molar-refractivity contribution is 6.09. The highest BCUT2D eigenvalue weighted by atomic mass is 16.3. The van der Waals surface area contributed by atoms with Gasteiger partial charge in [-0.05, 0) is 36.6 Å². The van der Waals surface area contributed by atoms with E-state index >= 15 is 0 Å². The summed E-state index contributed by atoms with van der Waals surface area (Å²) >= 11 is 0. The summed E-state index contributed by atoms with van der Waals surface area (Å²) in [6.07, 6.45) is 2.29. The van der Waals surface area contributed by atoms with Crippen LogP contribution in [0.4, 0.5) is 0 Å². The van der Waals surface area contributed by atoms with E-state index in [9.17, 15) is 9.59 Å². The van der Waals surface area contributed by atoms with Crippen LogP contribution in [0, 0.1) is 6.92 Å². The molecule has 0 radical (unpaired) electrons. The highest BCUT2D eigenvalue weighted by Crippen LogP contribution is 2.20. The van der Waals surface area contributed by atoms with Crippen LogP contribution in [0.3, 0.4) is 0 Å². The van der Waals surface area contributed by atoms with Crippen molar-refractivity contribution in [3.8, 4) is 0 Å². The Bertz CT molecular complexity index is 670. The summed E-state index contributed by atoms with van der Waals surface area (Å²) in [7, 11) is 0. The van der Waals surface area contributed by atoms with Crippen molar-refractivity contribution in [1.29, 1.82) is 0 Å². The van der Waals surface area contributed by atoms with Crippen LogP contribution < -0.4 is 5.32 Å². The van der Waals surface area contributed by atoms with Crippen LogP contribution in [0.15, 0.2) is 34.9 Å². The van der Waals surface area contributed by atoms with E-state index in [1.165, 1.54) is 6.26 Å². The number of nitrogens with one attached hydrogen (secondary N) is 1. The first-order chi connectivity index (χ1) is 9.16. The van der Waals surface area contributed by atoms with Crippen molar-refractivity contribution in [1.82, 2.24) is 5.32 Å². The van der Waals surface area contributed by atoms with E-state index in [4.69, 9.17) is 4.42 Å². The number of carbonyl (C=O) groups is 2. The van der Waals surface area contributed by atoms with Crippen LogP contribution >= 0.6 is 0 Å². The zero-order valence-corrected chi connectivity index (χ0v) is 10.5. The summed E-state index contributed by atoms with van der Waals surface area (Å²) in [5, 5.41) is 2.78. The molecule has 0 aliphatic carbocycles. The maximum atomic E-state index is 12.3. The summed E-state index contributed by atoms with van der Waals surface area (Å²) in [5.41, 5.74) is 2.85. The molecule has 19 heavy (non-hydrogen) atoms. The second kappa shape index (κ2) is 4.39. The Labute approximate surface area is 110 Å². The Morgan fingerprint density at radius 2 is 2.16 bits per heavy atom. The summed E-state index contributed by atoms with van der Waals surface area (Å²) in [5.74, 6) is 0.0203. The van der Waals surface area contributed by atoms with E-state index in [1.807, 2.05) is 13.0 Å². The Hall–Kier alpha value is -2.36. The van der Waals surface area contributed by atoms with Crippen molar-refractivity contribution in [2.45, 2.75) is 13.3 Å². The monoisotopic (exact) mass is 255 g/mol. The first kappa shape index (κ1) is 11.7. The van der Waals surface area contributed by atoms with E-state index in [1.54, 1.807) is 18.2 Å². The van der Waals surface area contributed by atoms with Gasteiger partial charge in [0.05, 0.1) is 6.26 Å². The van der Waals surface area contributed by atoms with Crippen molar-refractivity contribution < 1.29 is 14.0 Å². The molecule has 4 heteroatoms. The predicted octanol–water partition coefficient (Wildman–Crippen LogP) is 2.10. The van der Waals surface area contributed by atoms with Crippen LogP contribution in [0.1, 0.15) is 37.6 Å². The molecular formula is C15H13NO3. The van der Waals surface area contributed by atoms with E-state index in [0.717, 1.165) is 17.5 Å². The minimum absolute atomic E-state index is 0.118. The van der Waals surface area contributed by atoms with Gasteiger partial charge in [0.1, 0.15) is 0 Å². The molecule has 4 nitrogen and oxygen atoms in total. The number of amides is 1. The Kier molecular flexibility index (Phi) is 2.71. The molecule has 0 saturated heterocycles. The lowest BCUT2D eigenvalue weighted by molar-refractivity contribution is 0.0946. The number of fused-ring (bicyclic) bond motifs is 1. The molecule has 0 fully saturated rings. The molecule has 1 aromatic carbocycles. The molecule has 96 valence electrons. The van der Waals surface area contributed by atoms with Gasteiger partial charge in [0.2, 0.25) is 5.78 Å². The second-order valence-electron chi connectivity index (χ2n) is 4.64. The topological polar surface area (TPSA) is 59.3 Å². The Balaban J connectivity index is 2.03. The maximum Gasteiger partial charge on any atom is 0.251 e. The third-order valence-electron chi connectivity index (χ3n) is 3.36. The number of benzene rings is 1. The summed E-state index contributed by atoms with van der Waals surface area (Å²) in [6.45, 7) is 2.47. The minimum Gasteiger partial charge on any atom is -0.461 e. The lowest BCUT2D eigenvalue weighted by Crippen LogP contribution is -2.32. The van der Waals surface area contributed by atoms with Crippen molar-refractivity contribution >= 4 is 11.7 Å². The first-order valence-corrected chi connectivity index (χ1v) is 6.17. The lowest BCUT2D eigenvalue weighted by atomic mass is 9.95. The van der Waals surface area contributed by atoms with Gasteiger partial charge in [-0.1, -0.05) is 12.1 Å². The van der Waals surface area contributed by atoms with Crippen molar-refractivity contribution in [2.75, 3.05) is 6.54 Å². The fourth-order valence-corrected chi connectivity index (χ4v) is 2.29. The van der Waals surface area contributed by atoms with Gasteiger partial charge >= 0.3 is 0 Å². The molecule has 0 unspecified atom stereocenters. The second-order valence-corrected chi connectivity index (χ2v) is 4.64. The van der Waals surface area contributed by atoms with Gasteiger partial charge in [-0.3, -0.25) is 9.59 Å². The van der Waals surface area contributed by atoms with E-state index in [2.05, 4.69) is 5.32 Å². The van der Waals surface area contributed by atoms with Gasteiger partial charge in [0.25, 0.3) is 5.91 Å². The fraction of sp³-hybridized carbons (Fsp3) is 0.200. The smallest absolute Gasteiger partial charge is 0.251 e. The molecule has 1 aliphatic heterocycles. The molecule has 1 aliphatic rings. The number of carbonyl (C=O) groups excluding carboxylic acids is 2. The van der Waals surface area contributed by atoms with E-state index in [-0.39, 0.29) is 11.7 Å². The van der Waals surface area contributed by atoms with Gasteiger partial charge in [0.15, 0.2) is 5.76 Å². The van der Waals surface area contributed by atoms with Crippen molar-refractivity contribution in [3.05, 3.63) is 58.5 Å². The third-order valence-corrected chi connectivity index (χ3v) is 3.36.